The van der Waals surface area contributed by atoms with Crippen LogP contribution in [-0.2, 0) is 6.54 Å². The number of aromatic nitrogens is 2. The lowest BCUT2D eigenvalue weighted by Gasteiger charge is -2.18. The summed E-state index contributed by atoms with van der Waals surface area (Å²) in [7, 11) is 4.12. The van der Waals surface area contributed by atoms with Gasteiger partial charge in [-0.25, -0.2) is 4.98 Å². The summed E-state index contributed by atoms with van der Waals surface area (Å²) in [6, 6.07) is 6.38. The predicted octanol–water partition coefficient (Wildman–Crippen LogP) is 3.66. The molecule has 4 heteroatoms. The fourth-order valence-electron chi connectivity index (χ4n) is 2.27. The highest BCUT2D eigenvalue weighted by Crippen LogP contribution is 2.24. The van der Waals surface area contributed by atoms with E-state index in [9.17, 15) is 0 Å². The molecule has 4 nitrogen and oxygen atoms in total. The van der Waals surface area contributed by atoms with E-state index in [1.165, 1.54) is 11.3 Å². The third-order valence-corrected chi connectivity index (χ3v) is 3.22. The van der Waals surface area contributed by atoms with Gasteiger partial charge in [-0.2, -0.15) is 0 Å². The highest BCUT2D eigenvalue weighted by Gasteiger charge is 2.07. The van der Waals surface area contributed by atoms with Crippen LogP contribution in [0.25, 0.3) is 0 Å². The minimum atomic E-state index is 0.597. The Morgan fingerprint density at radius 3 is 2.70 bits per heavy atom. The van der Waals surface area contributed by atoms with Gasteiger partial charge in [0.1, 0.15) is 0 Å². The first-order valence-electron chi connectivity index (χ1n) is 7.03. The van der Waals surface area contributed by atoms with E-state index in [4.69, 9.17) is 0 Å². The molecule has 0 bridgehead atoms. The lowest BCUT2D eigenvalue weighted by molar-refractivity contribution is 0.527. The Kier molecular flexibility index (Phi) is 4.32. The third kappa shape index (κ3) is 3.32. The Hall–Kier alpha value is -1.97. The molecule has 0 fully saturated rings. The van der Waals surface area contributed by atoms with Crippen molar-refractivity contribution in [3.63, 3.8) is 0 Å². The maximum atomic E-state index is 4.40. The van der Waals surface area contributed by atoms with E-state index in [1.807, 2.05) is 12.4 Å². The number of benzene rings is 1. The summed E-state index contributed by atoms with van der Waals surface area (Å²) in [5, 5.41) is 3.41. The van der Waals surface area contributed by atoms with E-state index in [2.05, 4.69) is 72.8 Å². The fourth-order valence-corrected chi connectivity index (χ4v) is 2.27. The van der Waals surface area contributed by atoms with Gasteiger partial charge < -0.3 is 14.8 Å². The molecule has 20 heavy (non-hydrogen) atoms. The van der Waals surface area contributed by atoms with Crippen molar-refractivity contribution in [3.05, 3.63) is 36.2 Å². The first kappa shape index (κ1) is 14.4. The predicted molar refractivity (Wildman–Crippen MR) is 85.9 cm³/mol. The van der Waals surface area contributed by atoms with Crippen LogP contribution >= 0.6 is 0 Å². The van der Waals surface area contributed by atoms with Crippen molar-refractivity contribution >= 4 is 17.3 Å². The lowest BCUT2D eigenvalue weighted by Crippen LogP contribution is -2.11. The molecule has 2 rings (SSSR count). The van der Waals surface area contributed by atoms with Gasteiger partial charge in [-0.15, -0.1) is 0 Å². The topological polar surface area (TPSA) is 33.1 Å². The number of aryl methyl sites for hydroxylation is 1. The minimum Gasteiger partial charge on any atom is -0.377 e. The molecule has 0 aliphatic carbocycles. The van der Waals surface area contributed by atoms with Crippen molar-refractivity contribution in [2.45, 2.75) is 27.3 Å². The van der Waals surface area contributed by atoms with Crippen LogP contribution in [0.3, 0.4) is 0 Å². The average Bonchev–Trinajstić information content (AvgIpc) is 2.78. The Morgan fingerprint density at radius 1 is 1.30 bits per heavy atom. The van der Waals surface area contributed by atoms with Crippen molar-refractivity contribution in [3.8, 4) is 0 Å². The van der Waals surface area contributed by atoms with Crippen molar-refractivity contribution < 1.29 is 0 Å². The number of hydrogen-bond acceptors (Lipinski definition) is 3. The average molecular weight is 272 g/mol. The zero-order valence-electron chi connectivity index (χ0n) is 13.0. The van der Waals surface area contributed by atoms with Crippen LogP contribution in [0.5, 0.6) is 0 Å². The monoisotopic (exact) mass is 272 g/mol. The summed E-state index contributed by atoms with van der Waals surface area (Å²) in [5.41, 5.74) is 3.55. The van der Waals surface area contributed by atoms with E-state index in [0.717, 1.165) is 18.2 Å². The van der Waals surface area contributed by atoms with Crippen LogP contribution in [0.15, 0.2) is 30.6 Å². The number of imidazole rings is 1. The summed E-state index contributed by atoms with van der Waals surface area (Å²) >= 11 is 0. The van der Waals surface area contributed by atoms with Crippen molar-refractivity contribution in [1.29, 1.82) is 0 Å². The van der Waals surface area contributed by atoms with Crippen LogP contribution in [0, 0.1) is 12.8 Å². The summed E-state index contributed by atoms with van der Waals surface area (Å²) < 4.78 is 2.15. The van der Waals surface area contributed by atoms with Gasteiger partial charge in [0.05, 0.1) is 0 Å². The summed E-state index contributed by atoms with van der Waals surface area (Å²) in [4.78, 5) is 6.53. The molecule has 0 unspecified atom stereocenters. The van der Waals surface area contributed by atoms with Crippen LogP contribution in [0.2, 0.25) is 0 Å². The molecule has 0 saturated heterocycles. The molecule has 0 radical (unpaired) electrons. The first-order chi connectivity index (χ1) is 9.47. The molecule has 0 atom stereocenters. The van der Waals surface area contributed by atoms with Crippen LogP contribution in [0.4, 0.5) is 17.3 Å². The van der Waals surface area contributed by atoms with E-state index >= 15 is 0 Å². The highest BCUT2D eigenvalue weighted by molar-refractivity contribution is 5.65. The molecule has 0 spiro atoms. The SMILES string of the molecule is Cc1ccc(Nc2nccn2CC(C)C)cc1N(C)C. The van der Waals surface area contributed by atoms with Gasteiger partial charge in [-0.05, 0) is 30.5 Å². The highest BCUT2D eigenvalue weighted by atomic mass is 15.2. The van der Waals surface area contributed by atoms with Crippen molar-refractivity contribution in [1.82, 2.24) is 9.55 Å². The summed E-state index contributed by atoms with van der Waals surface area (Å²) in [6.45, 7) is 7.51. The zero-order chi connectivity index (χ0) is 14.7. The molecule has 2 aromatic rings. The van der Waals surface area contributed by atoms with Crippen LogP contribution < -0.4 is 10.2 Å². The molecule has 0 aliphatic rings. The van der Waals surface area contributed by atoms with Gasteiger partial charge in [0, 0.05) is 44.4 Å². The standard InChI is InChI=1S/C16H24N4/c1-12(2)11-20-9-8-17-16(20)18-14-7-6-13(3)15(10-14)19(4)5/h6-10,12H,11H2,1-5H3,(H,17,18). The normalized spacial score (nSPS) is 10.9. The molecular formula is C16H24N4. The maximum Gasteiger partial charge on any atom is 0.207 e. The van der Waals surface area contributed by atoms with Crippen molar-refractivity contribution in [2.24, 2.45) is 5.92 Å². The number of nitrogens with one attached hydrogen (secondary N) is 1. The van der Waals surface area contributed by atoms with Crippen molar-refractivity contribution in [2.75, 3.05) is 24.3 Å². The van der Waals surface area contributed by atoms with E-state index < -0.39 is 0 Å². The molecule has 1 N–H and O–H groups in total. The Morgan fingerprint density at radius 2 is 2.05 bits per heavy atom. The largest absolute Gasteiger partial charge is 0.377 e. The Bertz CT molecular complexity index is 570. The minimum absolute atomic E-state index is 0.597. The molecule has 1 aromatic carbocycles. The molecule has 0 amide bonds. The second kappa shape index (κ2) is 5.99. The van der Waals surface area contributed by atoms with Gasteiger partial charge in [-0.1, -0.05) is 19.9 Å². The maximum absolute atomic E-state index is 4.40. The molecule has 0 saturated carbocycles. The molecule has 1 aromatic heterocycles. The Balaban J connectivity index is 2.22. The third-order valence-electron chi connectivity index (χ3n) is 3.22. The number of anilines is 3. The molecule has 108 valence electrons. The van der Waals surface area contributed by atoms with E-state index in [1.54, 1.807) is 0 Å². The summed E-state index contributed by atoms with van der Waals surface area (Å²) in [5.74, 6) is 1.49. The van der Waals surface area contributed by atoms with Gasteiger partial charge in [0.15, 0.2) is 0 Å². The van der Waals surface area contributed by atoms with Crippen LogP contribution in [-0.4, -0.2) is 23.6 Å². The van der Waals surface area contributed by atoms with Crippen LogP contribution in [0.1, 0.15) is 19.4 Å². The lowest BCUT2D eigenvalue weighted by atomic mass is 10.1. The second-order valence-corrected chi connectivity index (χ2v) is 5.82. The van der Waals surface area contributed by atoms with Gasteiger partial charge >= 0.3 is 0 Å². The molecular weight excluding hydrogens is 248 g/mol. The smallest absolute Gasteiger partial charge is 0.207 e. The van der Waals surface area contributed by atoms with Gasteiger partial charge in [-0.3, -0.25) is 0 Å². The van der Waals surface area contributed by atoms with E-state index in [-0.39, 0.29) is 0 Å². The first-order valence-corrected chi connectivity index (χ1v) is 7.03. The number of nitrogens with zero attached hydrogens (tertiary/aromatic N) is 3. The number of hydrogen-bond donors (Lipinski definition) is 1. The molecule has 1 heterocycles. The second-order valence-electron chi connectivity index (χ2n) is 5.82. The fraction of sp³-hybridized carbons (Fsp3) is 0.438. The van der Waals surface area contributed by atoms with Gasteiger partial charge in [0.2, 0.25) is 5.95 Å². The number of rotatable bonds is 5. The molecule has 0 aliphatic heterocycles. The van der Waals surface area contributed by atoms with Gasteiger partial charge in [0.25, 0.3) is 0 Å². The van der Waals surface area contributed by atoms with E-state index in [0.29, 0.717) is 5.92 Å². The summed E-state index contributed by atoms with van der Waals surface area (Å²) in [6.07, 6.45) is 3.86. The Labute approximate surface area is 121 Å². The quantitative estimate of drug-likeness (QED) is 0.901. The zero-order valence-corrected chi connectivity index (χ0v) is 13.0.